The number of hydrogen-bond acceptors (Lipinski definition) is 6. The van der Waals surface area contributed by atoms with Crippen LogP contribution in [0.15, 0.2) is 11.2 Å². The summed E-state index contributed by atoms with van der Waals surface area (Å²) in [4.78, 5) is 16.3. The molecule has 0 aromatic carbocycles. The van der Waals surface area contributed by atoms with Crippen molar-refractivity contribution in [1.82, 2.24) is 19.1 Å². The second-order valence-corrected chi connectivity index (χ2v) is 5.46. The second-order valence-electron chi connectivity index (χ2n) is 3.93. The van der Waals surface area contributed by atoms with Gasteiger partial charge in [0.25, 0.3) is 5.91 Å². The van der Waals surface area contributed by atoms with Crippen molar-refractivity contribution in [3.63, 3.8) is 0 Å². The standard InChI is InChI=1S/C11H15N5OS2/c1-4-5-7-6-8(16(2)14-7)9(17)12-10-13-11(18-3)15-19-10/h6H,4-5H2,1-3H3,(H,12,13,15,17). The lowest BCUT2D eigenvalue weighted by atomic mass is 10.2. The highest BCUT2D eigenvalue weighted by Gasteiger charge is 2.15. The molecule has 2 heterocycles. The Bertz CT molecular complexity index is 577. The number of carbonyl (C=O) groups excluding carboxylic acids is 1. The third-order valence-electron chi connectivity index (χ3n) is 2.48. The van der Waals surface area contributed by atoms with Gasteiger partial charge in [0.05, 0.1) is 5.69 Å². The average molecular weight is 297 g/mol. The van der Waals surface area contributed by atoms with Crippen LogP contribution < -0.4 is 5.32 Å². The Morgan fingerprint density at radius 1 is 1.58 bits per heavy atom. The van der Waals surface area contributed by atoms with Crippen LogP contribution in [0.25, 0.3) is 0 Å². The fraction of sp³-hybridized carbons (Fsp3) is 0.455. The third-order valence-corrected chi connectivity index (χ3v) is 3.77. The van der Waals surface area contributed by atoms with E-state index >= 15 is 0 Å². The Kier molecular flexibility index (Phi) is 4.54. The molecule has 19 heavy (non-hydrogen) atoms. The van der Waals surface area contributed by atoms with Crippen LogP contribution in [-0.2, 0) is 13.5 Å². The van der Waals surface area contributed by atoms with Crippen molar-refractivity contribution in [3.8, 4) is 0 Å². The molecule has 0 aliphatic carbocycles. The van der Waals surface area contributed by atoms with Crippen LogP contribution in [0.4, 0.5) is 5.13 Å². The lowest BCUT2D eigenvalue weighted by Gasteiger charge is -2.00. The van der Waals surface area contributed by atoms with Crippen LogP contribution >= 0.6 is 23.3 Å². The lowest BCUT2D eigenvalue weighted by Crippen LogP contribution is -2.15. The van der Waals surface area contributed by atoms with Gasteiger partial charge in [-0.05, 0) is 18.7 Å². The fourth-order valence-corrected chi connectivity index (χ4v) is 2.74. The van der Waals surface area contributed by atoms with Gasteiger partial charge in [-0.2, -0.15) is 14.5 Å². The van der Waals surface area contributed by atoms with Gasteiger partial charge in [0.15, 0.2) is 0 Å². The van der Waals surface area contributed by atoms with Crippen LogP contribution in [0.1, 0.15) is 29.5 Å². The van der Waals surface area contributed by atoms with Crippen LogP contribution in [0, 0.1) is 0 Å². The highest BCUT2D eigenvalue weighted by Crippen LogP contribution is 2.18. The van der Waals surface area contributed by atoms with Crippen molar-refractivity contribution in [2.24, 2.45) is 7.05 Å². The van der Waals surface area contributed by atoms with E-state index in [9.17, 15) is 4.79 Å². The molecule has 1 N–H and O–H groups in total. The maximum atomic E-state index is 12.1. The Morgan fingerprint density at radius 3 is 3.00 bits per heavy atom. The quantitative estimate of drug-likeness (QED) is 0.857. The zero-order valence-corrected chi connectivity index (χ0v) is 12.6. The highest BCUT2D eigenvalue weighted by molar-refractivity contribution is 7.98. The summed E-state index contributed by atoms with van der Waals surface area (Å²) in [6, 6.07) is 1.81. The summed E-state index contributed by atoms with van der Waals surface area (Å²) in [5, 5.41) is 8.22. The number of rotatable bonds is 5. The van der Waals surface area contributed by atoms with E-state index in [0.29, 0.717) is 16.0 Å². The van der Waals surface area contributed by atoms with Crippen molar-refractivity contribution in [3.05, 3.63) is 17.5 Å². The zero-order chi connectivity index (χ0) is 13.8. The molecule has 0 spiro atoms. The van der Waals surface area contributed by atoms with Gasteiger partial charge in [-0.25, -0.2) is 0 Å². The predicted octanol–water partition coefficient (Wildman–Crippen LogP) is 2.20. The molecule has 2 aromatic heterocycles. The Hall–Kier alpha value is -1.41. The van der Waals surface area contributed by atoms with Crippen molar-refractivity contribution >= 4 is 34.3 Å². The SMILES string of the molecule is CCCc1cc(C(=O)Nc2nc(SC)ns2)n(C)n1. The minimum atomic E-state index is -0.207. The van der Waals surface area contributed by atoms with Crippen molar-refractivity contribution in [2.45, 2.75) is 24.9 Å². The topological polar surface area (TPSA) is 72.7 Å². The van der Waals surface area contributed by atoms with Crippen molar-refractivity contribution in [2.75, 3.05) is 11.6 Å². The lowest BCUT2D eigenvalue weighted by molar-refractivity contribution is 0.101. The smallest absolute Gasteiger partial charge is 0.275 e. The summed E-state index contributed by atoms with van der Waals surface area (Å²) in [7, 11) is 1.77. The van der Waals surface area contributed by atoms with E-state index in [1.807, 2.05) is 12.3 Å². The molecular weight excluding hydrogens is 282 g/mol. The van der Waals surface area contributed by atoms with Crippen molar-refractivity contribution in [1.29, 1.82) is 0 Å². The van der Waals surface area contributed by atoms with E-state index in [1.165, 1.54) is 23.3 Å². The first kappa shape index (κ1) is 14.0. The molecule has 6 nitrogen and oxygen atoms in total. The number of hydrogen-bond donors (Lipinski definition) is 1. The molecule has 102 valence electrons. The fourth-order valence-electron chi connectivity index (χ4n) is 1.62. The maximum Gasteiger partial charge on any atom is 0.275 e. The summed E-state index contributed by atoms with van der Waals surface area (Å²) < 4.78 is 5.69. The number of anilines is 1. The molecular formula is C11H15N5OS2. The highest BCUT2D eigenvalue weighted by atomic mass is 32.2. The largest absolute Gasteiger partial charge is 0.295 e. The minimum absolute atomic E-state index is 0.207. The number of nitrogens with one attached hydrogen (secondary N) is 1. The van der Waals surface area contributed by atoms with E-state index in [0.717, 1.165) is 18.5 Å². The Labute approximate surface area is 119 Å². The number of amides is 1. The van der Waals surface area contributed by atoms with E-state index in [2.05, 4.69) is 26.7 Å². The molecule has 0 unspecified atom stereocenters. The number of aryl methyl sites for hydroxylation is 2. The van der Waals surface area contributed by atoms with Gasteiger partial charge < -0.3 is 0 Å². The molecule has 0 aliphatic heterocycles. The molecule has 0 aliphatic rings. The third kappa shape index (κ3) is 3.32. The molecule has 0 saturated heterocycles. The summed E-state index contributed by atoms with van der Waals surface area (Å²) in [5.41, 5.74) is 1.46. The molecule has 0 bridgehead atoms. The normalized spacial score (nSPS) is 10.7. The number of carbonyl (C=O) groups is 1. The van der Waals surface area contributed by atoms with Gasteiger partial charge >= 0.3 is 0 Å². The minimum Gasteiger partial charge on any atom is -0.295 e. The summed E-state index contributed by atoms with van der Waals surface area (Å²) in [6.45, 7) is 2.08. The van der Waals surface area contributed by atoms with E-state index in [1.54, 1.807) is 11.7 Å². The molecule has 0 saturated carbocycles. The van der Waals surface area contributed by atoms with Crippen LogP contribution in [0.2, 0.25) is 0 Å². The first-order chi connectivity index (χ1) is 9.13. The Balaban J connectivity index is 2.10. The molecule has 2 rings (SSSR count). The molecule has 0 fully saturated rings. The van der Waals surface area contributed by atoms with Gasteiger partial charge in [0.2, 0.25) is 10.3 Å². The van der Waals surface area contributed by atoms with Gasteiger partial charge in [-0.15, -0.1) is 0 Å². The number of thioether (sulfide) groups is 1. The summed E-state index contributed by atoms with van der Waals surface area (Å²) in [6.07, 6.45) is 3.77. The summed E-state index contributed by atoms with van der Waals surface area (Å²) in [5.74, 6) is -0.207. The van der Waals surface area contributed by atoms with Gasteiger partial charge in [0.1, 0.15) is 5.69 Å². The van der Waals surface area contributed by atoms with Crippen molar-refractivity contribution < 1.29 is 4.79 Å². The maximum absolute atomic E-state index is 12.1. The molecule has 0 radical (unpaired) electrons. The van der Waals surface area contributed by atoms with Crippen LogP contribution in [0.5, 0.6) is 0 Å². The Morgan fingerprint density at radius 2 is 2.37 bits per heavy atom. The van der Waals surface area contributed by atoms with Crippen LogP contribution in [0.3, 0.4) is 0 Å². The zero-order valence-electron chi connectivity index (χ0n) is 11.0. The second kappa shape index (κ2) is 6.16. The molecule has 0 atom stereocenters. The van der Waals surface area contributed by atoms with Crippen LogP contribution in [-0.4, -0.2) is 31.3 Å². The molecule has 2 aromatic rings. The number of nitrogens with zero attached hydrogens (tertiary/aromatic N) is 4. The van der Waals surface area contributed by atoms with E-state index in [-0.39, 0.29) is 5.91 Å². The van der Waals surface area contributed by atoms with E-state index in [4.69, 9.17) is 0 Å². The van der Waals surface area contributed by atoms with Gasteiger partial charge in [0, 0.05) is 18.6 Å². The first-order valence-corrected chi connectivity index (χ1v) is 7.85. The molecule has 1 amide bonds. The monoisotopic (exact) mass is 297 g/mol. The average Bonchev–Trinajstić information content (AvgIpc) is 2.96. The van der Waals surface area contributed by atoms with Gasteiger partial charge in [-0.1, -0.05) is 25.1 Å². The van der Waals surface area contributed by atoms with Gasteiger partial charge in [-0.3, -0.25) is 14.8 Å². The van der Waals surface area contributed by atoms with E-state index < -0.39 is 0 Å². The number of aromatic nitrogens is 4. The summed E-state index contributed by atoms with van der Waals surface area (Å²) >= 11 is 2.62. The predicted molar refractivity (Wildman–Crippen MR) is 76.8 cm³/mol. The molecule has 8 heteroatoms. The first-order valence-electron chi connectivity index (χ1n) is 5.86.